The van der Waals surface area contributed by atoms with Gasteiger partial charge in [0.05, 0.1) is 11.4 Å². The second kappa shape index (κ2) is 9.14. The highest BCUT2D eigenvalue weighted by Gasteiger charge is 2.09. The Kier molecular flexibility index (Phi) is 6.39. The van der Waals surface area contributed by atoms with Crippen LogP contribution in [-0.2, 0) is 0 Å². The van der Waals surface area contributed by atoms with Crippen molar-refractivity contribution in [2.45, 2.75) is 13.8 Å². The number of amides is 1. The lowest BCUT2D eigenvalue weighted by molar-refractivity contribution is 0.0949. The first-order valence-corrected chi connectivity index (χ1v) is 9.43. The molecule has 2 N–H and O–H groups in total. The maximum atomic E-state index is 12.3. The van der Waals surface area contributed by atoms with E-state index in [2.05, 4.69) is 34.3 Å². The smallest absolute Gasteiger partial charge is 0.251 e. The predicted octanol–water partition coefficient (Wildman–Crippen LogP) is 3.82. The molecule has 0 unspecified atom stereocenters. The number of hydrogen-bond donors (Lipinski definition) is 2. The summed E-state index contributed by atoms with van der Waals surface area (Å²) in [6, 6.07) is 19.7. The molecule has 3 aromatic rings. The zero-order valence-electron chi connectivity index (χ0n) is 15.9. The zero-order chi connectivity index (χ0) is 19.1. The Morgan fingerprint density at radius 3 is 2.37 bits per heavy atom. The molecule has 0 aliphatic carbocycles. The normalized spacial score (nSPS) is 10.9. The number of hydrogen-bond acceptors (Lipinski definition) is 3. The fourth-order valence-electron chi connectivity index (χ4n) is 3.00. The second-order valence-electron chi connectivity index (χ2n) is 6.39. The molecule has 2 aromatic carbocycles. The summed E-state index contributed by atoms with van der Waals surface area (Å²) in [4.78, 5) is 14.6. The predicted molar refractivity (Wildman–Crippen MR) is 110 cm³/mol. The lowest BCUT2D eigenvalue weighted by Gasteiger charge is -2.17. The van der Waals surface area contributed by atoms with Crippen molar-refractivity contribution in [3.05, 3.63) is 66.2 Å². The van der Waals surface area contributed by atoms with Crippen molar-refractivity contribution >= 4 is 5.91 Å². The average molecular weight is 362 g/mol. The molecule has 0 saturated carbocycles. The van der Waals surface area contributed by atoms with E-state index in [1.165, 1.54) is 0 Å². The van der Waals surface area contributed by atoms with Gasteiger partial charge in [-0.25, -0.2) is 0 Å². The summed E-state index contributed by atoms with van der Waals surface area (Å²) in [5, 5.41) is 10.4. The van der Waals surface area contributed by atoms with Gasteiger partial charge in [-0.1, -0.05) is 56.3 Å². The van der Waals surface area contributed by atoms with Gasteiger partial charge in [0.1, 0.15) is 0 Å². The number of likely N-dealkylation sites (N-methyl/N-ethyl adjacent to an activating group) is 1. The summed E-state index contributed by atoms with van der Waals surface area (Å²) in [6.45, 7) is 7.77. The SMILES string of the molecule is CCN(CC)CCNC(=O)c1ccc(-c2cc(-c3ccccc3)n[nH]2)cc1. The van der Waals surface area contributed by atoms with Crippen LogP contribution in [0.2, 0.25) is 0 Å². The lowest BCUT2D eigenvalue weighted by atomic mass is 10.1. The molecule has 0 radical (unpaired) electrons. The summed E-state index contributed by atoms with van der Waals surface area (Å²) in [7, 11) is 0. The van der Waals surface area contributed by atoms with Crippen molar-refractivity contribution < 1.29 is 4.79 Å². The van der Waals surface area contributed by atoms with Gasteiger partial charge in [-0.2, -0.15) is 5.10 Å². The van der Waals surface area contributed by atoms with Crippen LogP contribution in [0.15, 0.2) is 60.7 Å². The summed E-state index contributed by atoms with van der Waals surface area (Å²) >= 11 is 0. The van der Waals surface area contributed by atoms with E-state index in [0.717, 1.165) is 42.1 Å². The minimum Gasteiger partial charge on any atom is -0.351 e. The Balaban J connectivity index is 1.62. The van der Waals surface area contributed by atoms with E-state index in [1.807, 2.05) is 60.7 Å². The minimum atomic E-state index is -0.0386. The third-order valence-corrected chi connectivity index (χ3v) is 4.71. The van der Waals surface area contributed by atoms with Gasteiger partial charge < -0.3 is 10.2 Å². The van der Waals surface area contributed by atoms with Crippen LogP contribution in [0.5, 0.6) is 0 Å². The Hall–Kier alpha value is -2.92. The number of aromatic nitrogens is 2. The second-order valence-corrected chi connectivity index (χ2v) is 6.39. The molecule has 0 aliphatic rings. The molecule has 0 spiro atoms. The standard InChI is InChI=1S/C22H26N4O/c1-3-26(4-2)15-14-23-22(27)19-12-10-18(11-13-19)21-16-20(24-25-21)17-8-6-5-7-9-17/h5-13,16H,3-4,14-15H2,1-2H3,(H,23,27)(H,24,25). The van der Waals surface area contributed by atoms with E-state index in [4.69, 9.17) is 0 Å². The molecule has 1 amide bonds. The van der Waals surface area contributed by atoms with E-state index in [0.29, 0.717) is 12.1 Å². The number of rotatable bonds is 8. The van der Waals surface area contributed by atoms with Crippen LogP contribution in [-0.4, -0.2) is 47.2 Å². The van der Waals surface area contributed by atoms with E-state index in [1.54, 1.807) is 0 Å². The Morgan fingerprint density at radius 2 is 1.70 bits per heavy atom. The highest BCUT2D eigenvalue weighted by Crippen LogP contribution is 2.23. The molecular weight excluding hydrogens is 336 g/mol. The largest absolute Gasteiger partial charge is 0.351 e. The molecule has 0 bridgehead atoms. The zero-order valence-corrected chi connectivity index (χ0v) is 15.9. The van der Waals surface area contributed by atoms with E-state index in [-0.39, 0.29) is 5.91 Å². The van der Waals surface area contributed by atoms with Crippen LogP contribution in [0.4, 0.5) is 0 Å². The van der Waals surface area contributed by atoms with Crippen molar-refractivity contribution in [1.82, 2.24) is 20.4 Å². The number of aromatic amines is 1. The lowest BCUT2D eigenvalue weighted by Crippen LogP contribution is -2.34. The van der Waals surface area contributed by atoms with Crippen molar-refractivity contribution in [3.63, 3.8) is 0 Å². The number of benzene rings is 2. The van der Waals surface area contributed by atoms with Gasteiger partial charge in [0.25, 0.3) is 5.91 Å². The van der Waals surface area contributed by atoms with Gasteiger partial charge in [0, 0.05) is 24.2 Å². The van der Waals surface area contributed by atoms with Gasteiger partial charge in [-0.15, -0.1) is 0 Å². The van der Waals surface area contributed by atoms with Crippen molar-refractivity contribution in [2.75, 3.05) is 26.2 Å². The average Bonchev–Trinajstić information content (AvgIpc) is 3.22. The summed E-state index contributed by atoms with van der Waals surface area (Å²) in [6.07, 6.45) is 0. The minimum absolute atomic E-state index is 0.0386. The molecule has 0 atom stereocenters. The molecule has 0 aliphatic heterocycles. The first kappa shape index (κ1) is 18.9. The molecule has 3 rings (SSSR count). The molecule has 0 saturated heterocycles. The Bertz CT molecular complexity index is 852. The van der Waals surface area contributed by atoms with Crippen LogP contribution >= 0.6 is 0 Å². The number of carbonyl (C=O) groups is 1. The molecule has 0 fully saturated rings. The molecule has 27 heavy (non-hydrogen) atoms. The third kappa shape index (κ3) is 4.83. The fourth-order valence-corrected chi connectivity index (χ4v) is 3.00. The maximum Gasteiger partial charge on any atom is 0.251 e. The Labute approximate surface area is 160 Å². The molecule has 140 valence electrons. The van der Waals surface area contributed by atoms with Gasteiger partial charge >= 0.3 is 0 Å². The summed E-state index contributed by atoms with van der Waals surface area (Å²) in [5.41, 5.74) is 4.58. The number of nitrogens with one attached hydrogen (secondary N) is 2. The quantitative estimate of drug-likeness (QED) is 0.640. The molecule has 1 aromatic heterocycles. The highest BCUT2D eigenvalue weighted by molar-refractivity contribution is 5.94. The fraction of sp³-hybridized carbons (Fsp3) is 0.273. The van der Waals surface area contributed by atoms with E-state index < -0.39 is 0 Å². The van der Waals surface area contributed by atoms with Gasteiger partial charge in [0.15, 0.2) is 0 Å². The third-order valence-electron chi connectivity index (χ3n) is 4.71. The molecule has 5 heteroatoms. The maximum absolute atomic E-state index is 12.3. The highest BCUT2D eigenvalue weighted by atomic mass is 16.1. The Morgan fingerprint density at radius 1 is 1.00 bits per heavy atom. The van der Waals surface area contributed by atoms with Crippen LogP contribution < -0.4 is 5.32 Å². The van der Waals surface area contributed by atoms with Crippen LogP contribution in [0.3, 0.4) is 0 Å². The molecular formula is C22H26N4O. The first-order valence-electron chi connectivity index (χ1n) is 9.43. The molecule has 5 nitrogen and oxygen atoms in total. The first-order chi connectivity index (χ1) is 13.2. The van der Waals surface area contributed by atoms with Crippen molar-refractivity contribution in [3.8, 4) is 22.5 Å². The number of carbonyl (C=O) groups excluding carboxylic acids is 1. The van der Waals surface area contributed by atoms with Gasteiger partial charge in [-0.3, -0.25) is 9.89 Å². The van der Waals surface area contributed by atoms with Gasteiger partial charge in [-0.05, 0) is 36.9 Å². The monoisotopic (exact) mass is 362 g/mol. The van der Waals surface area contributed by atoms with Crippen LogP contribution in [0.1, 0.15) is 24.2 Å². The van der Waals surface area contributed by atoms with E-state index in [9.17, 15) is 4.79 Å². The van der Waals surface area contributed by atoms with Crippen molar-refractivity contribution in [1.29, 1.82) is 0 Å². The van der Waals surface area contributed by atoms with E-state index >= 15 is 0 Å². The topological polar surface area (TPSA) is 61.0 Å². The summed E-state index contributed by atoms with van der Waals surface area (Å²) < 4.78 is 0. The number of H-pyrrole nitrogens is 1. The molecule has 1 heterocycles. The summed E-state index contributed by atoms with van der Waals surface area (Å²) in [5.74, 6) is -0.0386. The van der Waals surface area contributed by atoms with Crippen molar-refractivity contribution in [2.24, 2.45) is 0 Å². The van der Waals surface area contributed by atoms with Crippen LogP contribution in [0, 0.1) is 0 Å². The van der Waals surface area contributed by atoms with Gasteiger partial charge in [0.2, 0.25) is 0 Å². The van der Waals surface area contributed by atoms with Crippen LogP contribution in [0.25, 0.3) is 22.5 Å². The number of nitrogens with zero attached hydrogens (tertiary/aromatic N) is 2.